The minimum Gasteiger partial charge on any atom is -0.444 e. The van der Waals surface area contributed by atoms with Gasteiger partial charge < -0.3 is 9.73 Å². The number of rotatable bonds is 5. The van der Waals surface area contributed by atoms with E-state index in [2.05, 4.69) is 10.3 Å². The fourth-order valence-electron chi connectivity index (χ4n) is 4.07. The van der Waals surface area contributed by atoms with Gasteiger partial charge in [-0.25, -0.2) is 4.98 Å². The van der Waals surface area contributed by atoms with E-state index < -0.39 is 17.0 Å². The quantitative estimate of drug-likeness (QED) is 0.873. The van der Waals surface area contributed by atoms with Gasteiger partial charge in [-0.05, 0) is 44.9 Å². The molecule has 3 aliphatic carbocycles. The second-order valence-corrected chi connectivity index (χ2v) is 7.21. The average Bonchev–Trinajstić information content (AvgIpc) is 3.01. The summed E-state index contributed by atoms with van der Waals surface area (Å²) in [5.74, 6) is 1.08. The Kier molecular flexibility index (Phi) is 4.38. The fraction of sp³-hybridized carbons (Fsp3) is 0.765. The summed E-state index contributed by atoms with van der Waals surface area (Å²) < 4.78 is 45.3. The molecule has 3 saturated carbocycles. The molecule has 1 N–H and O–H groups in total. The van der Waals surface area contributed by atoms with Crippen molar-refractivity contribution >= 4 is 5.91 Å². The highest BCUT2D eigenvalue weighted by Crippen LogP contribution is 2.62. The van der Waals surface area contributed by atoms with Crippen LogP contribution in [0.5, 0.6) is 0 Å². The number of fused-ring (bicyclic) bond motifs is 3. The molecular formula is C17H23F3N2O2. The van der Waals surface area contributed by atoms with Gasteiger partial charge in [0, 0.05) is 11.8 Å². The predicted molar refractivity (Wildman–Crippen MR) is 81.0 cm³/mol. The van der Waals surface area contributed by atoms with Crippen LogP contribution in [0.4, 0.5) is 13.2 Å². The summed E-state index contributed by atoms with van der Waals surface area (Å²) in [4.78, 5) is 16.7. The van der Waals surface area contributed by atoms with Crippen LogP contribution in [0.25, 0.3) is 0 Å². The maximum Gasteiger partial charge on any atom is 0.394 e. The van der Waals surface area contributed by atoms with Crippen molar-refractivity contribution in [1.82, 2.24) is 10.3 Å². The minimum atomic E-state index is -4.16. The van der Waals surface area contributed by atoms with Crippen LogP contribution in [0.2, 0.25) is 0 Å². The van der Waals surface area contributed by atoms with Crippen molar-refractivity contribution in [3.8, 4) is 0 Å². The van der Waals surface area contributed by atoms with Crippen molar-refractivity contribution in [1.29, 1.82) is 0 Å². The van der Waals surface area contributed by atoms with E-state index >= 15 is 0 Å². The molecule has 3 aliphatic rings. The molecule has 1 amide bonds. The number of nitrogens with zero attached hydrogens (tertiary/aromatic N) is 1. The van der Waals surface area contributed by atoms with Gasteiger partial charge in [-0.3, -0.25) is 4.79 Å². The number of aryl methyl sites for hydroxylation is 1. The van der Waals surface area contributed by atoms with Gasteiger partial charge in [-0.1, -0.05) is 6.92 Å². The molecule has 0 unspecified atom stereocenters. The Bertz CT molecular complexity index is 585. The lowest BCUT2D eigenvalue weighted by Gasteiger charge is -2.52. The van der Waals surface area contributed by atoms with E-state index in [1.165, 1.54) is 0 Å². The van der Waals surface area contributed by atoms with Gasteiger partial charge in [0.1, 0.15) is 5.76 Å². The SMILES string of the molecule is CCCc1ncc(CNC(=O)C23CCC(C(F)(F)F)(CC2)CC3)o1. The standard InChI is InChI=1S/C17H23F3N2O2/c1-2-3-13-21-10-12(24-13)11-22-14(23)15-4-7-16(8-5-15,9-6-15)17(18,19)20/h10H,2-9,11H2,1H3,(H,22,23). The number of nitrogens with one attached hydrogen (secondary N) is 1. The van der Waals surface area contributed by atoms with Gasteiger partial charge in [0.25, 0.3) is 0 Å². The molecule has 134 valence electrons. The van der Waals surface area contributed by atoms with Crippen LogP contribution >= 0.6 is 0 Å². The third kappa shape index (κ3) is 2.93. The summed E-state index contributed by atoms with van der Waals surface area (Å²) in [6.07, 6.45) is 0.243. The zero-order valence-corrected chi connectivity index (χ0v) is 13.8. The van der Waals surface area contributed by atoms with Gasteiger partial charge in [-0.15, -0.1) is 0 Å². The lowest BCUT2D eigenvalue weighted by atomic mass is 9.53. The fourth-order valence-corrected chi connectivity index (χ4v) is 4.07. The first-order valence-electron chi connectivity index (χ1n) is 8.59. The molecule has 0 aliphatic heterocycles. The van der Waals surface area contributed by atoms with Gasteiger partial charge in [0.2, 0.25) is 5.91 Å². The van der Waals surface area contributed by atoms with Crippen molar-refractivity contribution in [2.45, 2.75) is 71.0 Å². The first-order chi connectivity index (χ1) is 11.3. The van der Waals surface area contributed by atoms with Crippen molar-refractivity contribution in [3.05, 3.63) is 17.8 Å². The van der Waals surface area contributed by atoms with Crippen molar-refractivity contribution in [2.24, 2.45) is 10.8 Å². The second kappa shape index (κ2) is 6.08. The topological polar surface area (TPSA) is 55.1 Å². The Morgan fingerprint density at radius 2 is 1.88 bits per heavy atom. The molecule has 0 radical (unpaired) electrons. The molecule has 4 rings (SSSR count). The molecule has 4 nitrogen and oxygen atoms in total. The van der Waals surface area contributed by atoms with Crippen LogP contribution in [0.1, 0.15) is 63.5 Å². The maximum atomic E-state index is 13.3. The Hall–Kier alpha value is -1.53. The smallest absolute Gasteiger partial charge is 0.394 e. The summed E-state index contributed by atoms with van der Waals surface area (Å²) in [5.41, 5.74) is -2.20. The number of halogens is 3. The number of hydrogen-bond donors (Lipinski definition) is 1. The number of aromatic nitrogens is 1. The molecule has 1 aromatic rings. The molecule has 0 aromatic carbocycles. The molecule has 0 spiro atoms. The van der Waals surface area contributed by atoms with E-state index in [1.807, 2.05) is 6.92 Å². The normalized spacial score (nSPS) is 29.7. The van der Waals surface area contributed by atoms with Gasteiger partial charge in [0.05, 0.1) is 18.2 Å². The van der Waals surface area contributed by atoms with Crippen LogP contribution in [0.15, 0.2) is 10.6 Å². The maximum absolute atomic E-state index is 13.3. The molecule has 7 heteroatoms. The van der Waals surface area contributed by atoms with E-state index in [0.29, 0.717) is 30.9 Å². The van der Waals surface area contributed by atoms with E-state index in [-0.39, 0.29) is 31.7 Å². The zero-order chi connectivity index (χ0) is 17.4. The van der Waals surface area contributed by atoms with Crippen LogP contribution in [0.3, 0.4) is 0 Å². The Balaban J connectivity index is 1.58. The Morgan fingerprint density at radius 3 is 2.42 bits per heavy atom. The van der Waals surface area contributed by atoms with Gasteiger partial charge >= 0.3 is 6.18 Å². The molecule has 0 atom stereocenters. The monoisotopic (exact) mass is 344 g/mol. The lowest BCUT2D eigenvalue weighted by molar-refractivity contribution is -0.258. The third-order valence-electron chi connectivity index (χ3n) is 5.82. The van der Waals surface area contributed by atoms with E-state index in [9.17, 15) is 18.0 Å². The van der Waals surface area contributed by atoms with Crippen LogP contribution < -0.4 is 5.32 Å². The molecule has 1 aromatic heterocycles. The number of oxazole rings is 1. The van der Waals surface area contributed by atoms with E-state index in [0.717, 1.165) is 12.8 Å². The van der Waals surface area contributed by atoms with Gasteiger partial charge in [0.15, 0.2) is 5.89 Å². The van der Waals surface area contributed by atoms with E-state index in [4.69, 9.17) is 4.42 Å². The highest BCUT2D eigenvalue weighted by Gasteiger charge is 2.62. The van der Waals surface area contributed by atoms with Crippen molar-refractivity contribution in [3.63, 3.8) is 0 Å². The Labute approximate surface area is 139 Å². The molecular weight excluding hydrogens is 321 g/mol. The van der Waals surface area contributed by atoms with Crippen LogP contribution in [-0.2, 0) is 17.8 Å². The molecule has 24 heavy (non-hydrogen) atoms. The average molecular weight is 344 g/mol. The molecule has 1 heterocycles. The highest BCUT2D eigenvalue weighted by atomic mass is 19.4. The summed E-state index contributed by atoms with van der Waals surface area (Å²) >= 11 is 0. The number of alkyl halides is 3. The van der Waals surface area contributed by atoms with Crippen molar-refractivity contribution < 1.29 is 22.4 Å². The summed E-state index contributed by atoms with van der Waals surface area (Å²) in [5, 5.41) is 2.84. The second-order valence-electron chi connectivity index (χ2n) is 7.21. The predicted octanol–water partition coefficient (Wildman–Crippen LogP) is 4.15. The highest BCUT2D eigenvalue weighted by molar-refractivity contribution is 5.83. The van der Waals surface area contributed by atoms with Crippen molar-refractivity contribution in [2.75, 3.05) is 0 Å². The zero-order valence-electron chi connectivity index (χ0n) is 13.8. The summed E-state index contributed by atoms with van der Waals surface area (Å²) in [6, 6.07) is 0. The minimum absolute atomic E-state index is 0.0624. The first-order valence-corrected chi connectivity index (χ1v) is 8.59. The van der Waals surface area contributed by atoms with Crippen LogP contribution in [0, 0.1) is 10.8 Å². The van der Waals surface area contributed by atoms with Gasteiger partial charge in [-0.2, -0.15) is 13.2 Å². The lowest BCUT2D eigenvalue weighted by Crippen LogP contribution is -2.54. The number of carbonyl (C=O) groups is 1. The summed E-state index contributed by atoms with van der Waals surface area (Å²) in [7, 11) is 0. The first kappa shape index (κ1) is 17.3. The molecule has 0 saturated heterocycles. The summed E-state index contributed by atoms with van der Waals surface area (Å²) in [6.45, 7) is 2.26. The van der Waals surface area contributed by atoms with Crippen LogP contribution in [-0.4, -0.2) is 17.1 Å². The number of hydrogen-bond acceptors (Lipinski definition) is 3. The Morgan fingerprint density at radius 1 is 1.25 bits per heavy atom. The number of amides is 1. The third-order valence-corrected chi connectivity index (χ3v) is 5.82. The molecule has 3 fully saturated rings. The van der Waals surface area contributed by atoms with E-state index in [1.54, 1.807) is 6.20 Å². The number of carbonyl (C=O) groups excluding carboxylic acids is 1. The largest absolute Gasteiger partial charge is 0.444 e. The molecule has 2 bridgehead atoms.